The van der Waals surface area contributed by atoms with E-state index < -0.39 is 0 Å². The lowest BCUT2D eigenvalue weighted by atomic mass is 10.1. The van der Waals surface area contributed by atoms with Gasteiger partial charge >= 0.3 is 0 Å². The minimum atomic E-state index is -0.00715. The Kier molecular flexibility index (Phi) is 3.85. The van der Waals surface area contributed by atoms with E-state index in [0.717, 1.165) is 34.8 Å². The zero-order chi connectivity index (χ0) is 15.0. The SMILES string of the molecule is Cc1nn(C)c(C)c1NC(=O)c1cc2c(s1)CCCCC2. The second-order valence-corrected chi connectivity index (χ2v) is 6.88. The summed E-state index contributed by atoms with van der Waals surface area (Å²) in [5.74, 6) is -0.00715. The Labute approximate surface area is 129 Å². The molecule has 0 atom stereocenters. The number of nitrogens with one attached hydrogen (secondary N) is 1. The molecule has 2 aromatic heterocycles. The fourth-order valence-electron chi connectivity index (χ4n) is 2.91. The van der Waals surface area contributed by atoms with Gasteiger partial charge in [0, 0.05) is 11.9 Å². The second kappa shape index (κ2) is 5.64. The van der Waals surface area contributed by atoms with Gasteiger partial charge in [-0.15, -0.1) is 11.3 Å². The van der Waals surface area contributed by atoms with Crippen LogP contribution in [0.3, 0.4) is 0 Å². The number of thiophene rings is 1. The van der Waals surface area contributed by atoms with E-state index in [1.54, 1.807) is 16.0 Å². The smallest absolute Gasteiger partial charge is 0.265 e. The Morgan fingerprint density at radius 3 is 2.76 bits per heavy atom. The number of hydrogen-bond donors (Lipinski definition) is 1. The first-order chi connectivity index (χ1) is 10.1. The molecule has 0 unspecified atom stereocenters. The number of anilines is 1. The van der Waals surface area contributed by atoms with E-state index in [-0.39, 0.29) is 5.91 Å². The van der Waals surface area contributed by atoms with Gasteiger partial charge in [0.2, 0.25) is 0 Å². The van der Waals surface area contributed by atoms with E-state index in [0.29, 0.717) is 0 Å². The average Bonchev–Trinajstić information content (AvgIpc) is 2.86. The third-order valence-corrected chi connectivity index (χ3v) is 5.45. The summed E-state index contributed by atoms with van der Waals surface area (Å²) < 4.78 is 1.80. The first-order valence-corrected chi connectivity index (χ1v) is 8.31. The maximum Gasteiger partial charge on any atom is 0.265 e. The Morgan fingerprint density at radius 1 is 1.29 bits per heavy atom. The van der Waals surface area contributed by atoms with Crippen molar-refractivity contribution in [1.82, 2.24) is 9.78 Å². The summed E-state index contributed by atoms with van der Waals surface area (Å²) >= 11 is 1.66. The maximum absolute atomic E-state index is 12.5. The standard InChI is InChI=1S/C16H21N3OS/c1-10-15(11(2)19(3)18-10)17-16(20)14-9-12-7-5-4-6-8-13(12)21-14/h9H,4-8H2,1-3H3,(H,17,20). The highest BCUT2D eigenvalue weighted by molar-refractivity contribution is 7.14. The molecule has 0 radical (unpaired) electrons. The largest absolute Gasteiger partial charge is 0.318 e. The summed E-state index contributed by atoms with van der Waals surface area (Å²) in [6.07, 6.45) is 6.03. The molecule has 21 heavy (non-hydrogen) atoms. The van der Waals surface area contributed by atoms with Gasteiger partial charge in [-0.3, -0.25) is 9.48 Å². The van der Waals surface area contributed by atoms with Crippen molar-refractivity contribution in [3.8, 4) is 0 Å². The van der Waals surface area contributed by atoms with Gasteiger partial charge in [0.25, 0.3) is 5.91 Å². The lowest BCUT2D eigenvalue weighted by Gasteiger charge is -2.04. The quantitative estimate of drug-likeness (QED) is 0.861. The van der Waals surface area contributed by atoms with Crippen LogP contribution in [0.1, 0.15) is 50.8 Å². The molecular formula is C16H21N3OS. The minimum absolute atomic E-state index is 0.00715. The lowest BCUT2D eigenvalue weighted by molar-refractivity contribution is 0.103. The Bertz CT molecular complexity index is 660. The third-order valence-electron chi connectivity index (χ3n) is 4.22. The highest BCUT2D eigenvalue weighted by atomic mass is 32.1. The molecule has 5 heteroatoms. The fourth-order valence-corrected chi connectivity index (χ4v) is 4.06. The summed E-state index contributed by atoms with van der Waals surface area (Å²) in [5.41, 5.74) is 4.06. The highest BCUT2D eigenvalue weighted by Gasteiger charge is 2.18. The molecule has 112 valence electrons. The van der Waals surface area contributed by atoms with Crippen LogP contribution in [0.25, 0.3) is 0 Å². The highest BCUT2D eigenvalue weighted by Crippen LogP contribution is 2.30. The van der Waals surface area contributed by atoms with E-state index in [1.807, 2.05) is 20.9 Å². The minimum Gasteiger partial charge on any atom is -0.318 e. The summed E-state index contributed by atoms with van der Waals surface area (Å²) in [6, 6.07) is 2.09. The van der Waals surface area contributed by atoms with Crippen LogP contribution < -0.4 is 5.32 Å². The summed E-state index contributed by atoms with van der Waals surface area (Å²) in [5, 5.41) is 7.37. The van der Waals surface area contributed by atoms with Crippen molar-refractivity contribution >= 4 is 22.9 Å². The summed E-state index contributed by atoms with van der Waals surface area (Å²) in [4.78, 5) is 14.7. The zero-order valence-electron chi connectivity index (χ0n) is 12.8. The molecule has 1 aliphatic carbocycles. The Hall–Kier alpha value is -1.62. The molecule has 0 saturated heterocycles. The lowest BCUT2D eigenvalue weighted by Crippen LogP contribution is -2.11. The van der Waals surface area contributed by atoms with E-state index in [2.05, 4.69) is 16.5 Å². The third kappa shape index (κ3) is 2.75. The van der Waals surface area contributed by atoms with Gasteiger partial charge in [0.05, 0.1) is 22.0 Å². The number of rotatable bonds is 2. The number of fused-ring (bicyclic) bond motifs is 1. The van der Waals surface area contributed by atoms with Crippen LogP contribution in [0.5, 0.6) is 0 Å². The normalized spacial score (nSPS) is 14.6. The predicted octanol–water partition coefficient (Wildman–Crippen LogP) is 3.62. The maximum atomic E-state index is 12.5. The molecule has 1 N–H and O–H groups in total. The van der Waals surface area contributed by atoms with Crippen LogP contribution in [0.15, 0.2) is 6.07 Å². The Balaban J connectivity index is 1.82. The van der Waals surface area contributed by atoms with Crippen LogP contribution in [0.2, 0.25) is 0 Å². The molecule has 0 saturated carbocycles. The second-order valence-electron chi connectivity index (χ2n) is 5.74. The van der Waals surface area contributed by atoms with Crippen molar-refractivity contribution in [2.45, 2.75) is 46.0 Å². The van der Waals surface area contributed by atoms with Crippen LogP contribution in [0.4, 0.5) is 5.69 Å². The number of amides is 1. The van der Waals surface area contributed by atoms with Crippen molar-refractivity contribution in [2.24, 2.45) is 7.05 Å². The first kappa shape index (κ1) is 14.3. The van der Waals surface area contributed by atoms with Crippen LogP contribution in [-0.4, -0.2) is 15.7 Å². The van der Waals surface area contributed by atoms with Gasteiger partial charge in [-0.1, -0.05) is 6.42 Å². The number of carbonyl (C=O) groups is 1. The van der Waals surface area contributed by atoms with E-state index in [4.69, 9.17) is 0 Å². The van der Waals surface area contributed by atoms with Gasteiger partial charge in [-0.25, -0.2) is 0 Å². The van der Waals surface area contributed by atoms with E-state index in [9.17, 15) is 4.79 Å². The Morgan fingerprint density at radius 2 is 2.05 bits per heavy atom. The molecule has 0 aliphatic heterocycles. The van der Waals surface area contributed by atoms with Crippen molar-refractivity contribution < 1.29 is 4.79 Å². The van der Waals surface area contributed by atoms with E-state index >= 15 is 0 Å². The average molecular weight is 303 g/mol. The number of aromatic nitrogens is 2. The molecule has 4 nitrogen and oxygen atoms in total. The molecular weight excluding hydrogens is 282 g/mol. The van der Waals surface area contributed by atoms with Crippen LogP contribution in [0, 0.1) is 13.8 Å². The van der Waals surface area contributed by atoms with Crippen LogP contribution in [-0.2, 0) is 19.9 Å². The van der Waals surface area contributed by atoms with Crippen molar-refractivity contribution in [2.75, 3.05) is 5.32 Å². The number of aryl methyl sites for hydroxylation is 4. The monoisotopic (exact) mass is 303 g/mol. The van der Waals surface area contributed by atoms with Crippen LogP contribution >= 0.6 is 11.3 Å². The fraction of sp³-hybridized carbons (Fsp3) is 0.500. The predicted molar refractivity (Wildman–Crippen MR) is 86.2 cm³/mol. The zero-order valence-corrected chi connectivity index (χ0v) is 13.6. The molecule has 2 aromatic rings. The van der Waals surface area contributed by atoms with Gasteiger partial charge in [0.15, 0.2) is 0 Å². The first-order valence-electron chi connectivity index (χ1n) is 7.49. The van der Waals surface area contributed by atoms with Crippen molar-refractivity contribution in [3.63, 3.8) is 0 Å². The summed E-state index contributed by atoms with van der Waals surface area (Å²) in [6.45, 7) is 3.89. The van der Waals surface area contributed by atoms with Gasteiger partial charge < -0.3 is 5.32 Å². The molecule has 0 bridgehead atoms. The number of carbonyl (C=O) groups excluding carboxylic acids is 1. The molecule has 1 amide bonds. The van der Waals surface area contributed by atoms with E-state index in [1.165, 1.54) is 29.7 Å². The molecule has 0 aromatic carbocycles. The van der Waals surface area contributed by atoms with Gasteiger partial charge in [-0.2, -0.15) is 5.10 Å². The topological polar surface area (TPSA) is 46.9 Å². The number of nitrogens with zero attached hydrogens (tertiary/aromatic N) is 2. The molecule has 3 rings (SSSR count). The molecule has 0 spiro atoms. The summed E-state index contributed by atoms with van der Waals surface area (Å²) in [7, 11) is 1.89. The van der Waals surface area contributed by atoms with Gasteiger partial charge in [-0.05, 0) is 51.2 Å². The van der Waals surface area contributed by atoms with Gasteiger partial charge in [0.1, 0.15) is 0 Å². The molecule has 2 heterocycles. The molecule has 1 aliphatic rings. The molecule has 0 fully saturated rings. The van der Waals surface area contributed by atoms with Crippen molar-refractivity contribution in [3.05, 3.63) is 32.8 Å². The van der Waals surface area contributed by atoms with Crippen molar-refractivity contribution in [1.29, 1.82) is 0 Å². The number of hydrogen-bond acceptors (Lipinski definition) is 3.